The van der Waals surface area contributed by atoms with E-state index < -0.39 is 16.1 Å². The first-order chi connectivity index (χ1) is 10.1. The highest BCUT2D eigenvalue weighted by Gasteiger charge is 2.34. The Balaban J connectivity index is 2.70. The largest absolute Gasteiger partial charge is 0.295 e. The lowest BCUT2D eigenvalue weighted by molar-refractivity contribution is -0.113. The Labute approximate surface area is 135 Å². The van der Waals surface area contributed by atoms with Gasteiger partial charge >= 0.3 is 0 Å². The summed E-state index contributed by atoms with van der Waals surface area (Å²) in [6, 6.07) is 10.4. The molecule has 4 heteroatoms. The van der Waals surface area contributed by atoms with E-state index in [4.69, 9.17) is 0 Å². The number of ketones is 1. The van der Waals surface area contributed by atoms with Crippen LogP contribution in [0.3, 0.4) is 0 Å². The van der Waals surface area contributed by atoms with Crippen molar-refractivity contribution in [2.24, 2.45) is 0 Å². The molecule has 0 spiro atoms. The van der Waals surface area contributed by atoms with E-state index in [0.717, 1.165) is 16.1 Å². The Morgan fingerprint density at radius 1 is 1.05 bits per heavy atom. The van der Waals surface area contributed by atoms with Crippen molar-refractivity contribution in [1.82, 2.24) is 4.98 Å². The Kier molecular flexibility index (Phi) is 4.54. The van der Waals surface area contributed by atoms with Crippen molar-refractivity contribution in [3.05, 3.63) is 47.4 Å². The maximum atomic E-state index is 12.3. The number of rotatable bonds is 4. The molecule has 0 fully saturated rings. The van der Waals surface area contributed by atoms with Gasteiger partial charge in [0, 0.05) is 11.6 Å². The van der Waals surface area contributed by atoms with Gasteiger partial charge in [-0.2, -0.15) is 0 Å². The average Bonchev–Trinajstić information content (AvgIpc) is 2.43. The molecule has 0 atom stereocenters. The van der Waals surface area contributed by atoms with Gasteiger partial charge in [0.2, 0.25) is 0 Å². The van der Waals surface area contributed by atoms with Crippen LogP contribution in [0, 0.1) is 0 Å². The van der Waals surface area contributed by atoms with Gasteiger partial charge in [0.1, 0.15) is 8.07 Å². The molecule has 0 aliphatic carbocycles. The third-order valence-electron chi connectivity index (χ3n) is 3.94. The van der Waals surface area contributed by atoms with Gasteiger partial charge in [0.15, 0.2) is 5.78 Å². The van der Waals surface area contributed by atoms with Crippen LogP contribution < -0.4 is 5.19 Å². The molecule has 0 saturated carbocycles. The number of carbonyl (C=O) groups excluding carboxylic acids is 1. The molecule has 22 heavy (non-hydrogen) atoms. The molecule has 0 aliphatic heterocycles. The highest BCUT2D eigenvalue weighted by molar-refractivity contribution is 7.01. The molecule has 2 rings (SSSR count). The van der Waals surface area contributed by atoms with Gasteiger partial charge in [-0.15, -0.1) is 0 Å². The minimum atomic E-state index is -2.06. The van der Waals surface area contributed by atoms with Gasteiger partial charge in [-0.1, -0.05) is 62.7 Å². The summed E-state index contributed by atoms with van der Waals surface area (Å²) in [5.41, 5.74) is 3.34. The van der Waals surface area contributed by atoms with E-state index in [1.165, 1.54) is 5.19 Å². The number of carbonyl (C=O) groups is 1. The predicted molar refractivity (Wildman–Crippen MR) is 101 cm³/mol. The second kappa shape index (κ2) is 5.93. The van der Waals surface area contributed by atoms with Crippen molar-refractivity contribution in [3.8, 4) is 0 Å². The fourth-order valence-corrected chi connectivity index (χ4v) is 9.20. The van der Waals surface area contributed by atoms with E-state index in [2.05, 4.69) is 67.7 Å². The summed E-state index contributed by atoms with van der Waals surface area (Å²) >= 11 is 0. The number of fused-ring (bicyclic) bond motifs is 1. The van der Waals surface area contributed by atoms with Crippen molar-refractivity contribution < 1.29 is 4.79 Å². The van der Waals surface area contributed by atoms with E-state index in [9.17, 15) is 4.79 Å². The van der Waals surface area contributed by atoms with Crippen molar-refractivity contribution in [3.63, 3.8) is 0 Å². The van der Waals surface area contributed by atoms with Crippen LogP contribution in [0.1, 0.15) is 6.92 Å². The molecule has 2 aromatic rings. The summed E-state index contributed by atoms with van der Waals surface area (Å²) in [5, 5.41) is 3.45. The van der Waals surface area contributed by atoms with Crippen LogP contribution in [0.2, 0.25) is 32.7 Å². The fourth-order valence-electron chi connectivity index (χ4n) is 2.91. The Morgan fingerprint density at radius 2 is 1.68 bits per heavy atom. The Hall–Kier alpha value is -1.53. The maximum absolute atomic E-state index is 12.3. The second-order valence-corrected chi connectivity index (χ2v) is 16.8. The molecule has 0 radical (unpaired) electrons. The third kappa shape index (κ3) is 3.44. The Morgan fingerprint density at radius 3 is 2.27 bits per heavy atom. The van der Waals surface area contributed by atoms with Gasteiger partial charge in [-0.3, -0.25) is 9.78 Å². The van der Waals surface area contributed by atoms with Crippen molar-refractivity contribution in [2.45, 2.75) is 39.7 Å². The summed E-state index contributed by atoms with van der Waals surface area (Å²) in [4.78, 5) is 16.9. The molecular formula is C18H25NOSi2. The summed E-state index contributed by atoms with van der Waals surface area (Å²) in [6.45, 7) is 13.1. The summed E-state index contributed by atoms with van der Waals surface area (Å²) < 4.78 is 0. The molecule has 0 aliphatic rings. The Bertz CT molecular complexity index is 737. The summed E-state index contributed by atoms with van der Waals surface area (Å²) in [5.74, 6) is 0.215. The minimum absolute atomic E-state index is 0.215. The first kappa shape index (κ1) is 16.8. The molecule has 0 saturated heterocycles. The SMILES string of the molecule is CC(=O)/C(=C\[Si](C)(C)C)[Si](C)(C)c1cccc2cccnc12. The van der Waals surface area contributed by atoms with Gasteiger partial charge in [0.25, 0.3) is 0 Å². The molecule has 0 amide bonds. The molecule has 2 nitrogen and oxygen atoms in total. The van der Waals surface area contributed by atoms with Crippen molar-refractivity contribution in [2.75, 3.05) is 0 Å². The molecule has 0 unspecified atom stereocenters. The van der Waals surface area contributed by atoms with E-state index in [0.29, 0.717) is 0 Å². The lowest BCUT2D eigenvalue weighted by atomic mass is 10.2. The highest BCUT2D eigenvalue weighted by Crippen LogP contribution is 2.22. The van der Waals surface area contributed by atoms with Crippen LogP contribution in [0.15, 0.2) is 47.4 Å². The number of allylic oxidation sites excluding steroid dienone is 1. The normalized spacial score (nSPS) is 13.5. The molecule has 1 heterocycles. The number of benzene rings is 1. The minimum Gasteiger partial charge on any atom is -0.295 e. The van der Waals surface area contributed by atoms with Crippen LogP contribution in [0.4, 0.5) is 0 Å². The van der Waals surface area contributed by atoms with Crippen LogP contribution in [-0.2, 0) is 4.79 Å². The summed E-state index contributed by atoms with van der Waals surface area (Å²) in [6.07, 6.45) is 1.84. The average molecular weight is 328 g/mol. The molecule has 1 aromatic carbocycles. The van der Waals surface area contributed by atoms with Crippen LogP contribution in [0.25, 0.3) is 10.9 Å². The monoisotopic (exact) mass is 327 g/mol. The topological polar surface area (TPSA) is 30.0 Å². The molecule has 0 N–H and O–H groups in total. The molecule has 116 valence electrons. The smallest absolute Gasteiger partial charge is 0.151 e. The highest BCUT2D eigenvalue weighted by atomic mass is 28.3. The van der Waals surface area contributed by atoms with E-state index >= 15 is 0 Å². The number of hydrogen-bond acceptors (Lipinski definition) is 2. The van der Waals surface area contributed by atoms with E-state index in [1.54, 1.807) is 6.92 Å². The number of nitrogens with zero attached hydrogens (tertiary/aromatic N) is 1. The zero-order valence-corrected chi connectivity index (χ0v) is 16.4. The van der Waals surface area contributed by atoms with Gasteiger partial charge in [-0.25, -0.2) is 0 Å². The lowest BCUT2D eigenvalue weighted by Crippen LogP contribution is -2.47. The standard InChI is InChI=1S/C18H25NOSi2/c1-14(20)17(13-21(2,3)4)22(5,6)16-11-7-9-15-10-8-12-19-18(15)16/h7-13H,1-6H3/b17-13+. The zero-order valence-electron chi connectivity index (χ0n) is 14.4. The van der Waals surface area contributed by atoms with Gasteiger partial charge in [0.05, 0.1) is 13.6 Å². The van der Waals surface area contributed by atoms with E-state index in [1.807, 2.05) is 12.3 Å². The predicted octanol–water partition coefficient (Wildman–Crippen LogP) is 4.08. The number of pyridine rings is 1. The molecule has 1 aromatic heterocycles. The number of para-hydroxylation sites is 1. The zero-order chi connectivity index (χ0) is 16.5. The third-order valence-corrected chi connectivity index (χ3v) is 8.97. The molecular weight excluding hydrogens is 302 g/mol. The number of hydrogen-bond donors (Lipinski definition) is 0. The summed E-state index contributed by atoms with van der Waals surface area (Å²) in [7, 11) is -3.52. The quantitative estimate of drug-likeness (QED) is 0.625. The fraction of sp³-hybridized carbons (Fsp3) is 0.333. The van der Waals surface area contributed by atoms with Crippen molar-refractivity contribution >= 4 is 38.0 Å². The van der Waals surface area contributed by atoms with E-state index in [-0.39, 0.29) is 5.78 Å². The first-order valence-corrected chi connectivity index (χ1v) is 14.3. The second-order valence-electron chi connectivity index (χ2n) is 7.49. The number of aromatic nitrogens is 1. The first-order valence-electron chi connectivity index (χ1n) is 7.71. The number of Topliss-reactive ketones (excluding diaryl/α,β-unsaturated/α-hetero) is 1. The van der Waals surface area contributed by atoms with Crippen molar-refractivity contribution in [1.29, 1.82) is 0 Å². The lowest BCUT2D eigenvalue weighted by Gasteiger charge is -2.28. The van der Waals surface area contributed by atoms with Gasteiger partial charge < -0.3 is 0 Å². The maximum Gasteiger partial charge on any atom is 0.151 e. The van der Waals surface area contributed by atoms with Crippen LogP contribution in [0.5, 0.6) is 0 Å². The van der Waals surface area contributed by atoms with Gasteiger partial charge in [-0.05, 0) is 23.4 Å². The van der Waals surface area contributed by atoms with Crippen LogP contribution >= 0.6 is 0 Å². The van der Waals surface area contributed by atoms with Crippen LogP contribution in [-0.4, -0.2) is 26.9 Å². The molecule has 0 bridgehead atoms.